The minimum Gasteiger partial charge on any atom is -0.336 e. The Balaban J connectivity index is 2.06. The van der Waals surface area contributed by atoms with Crippen molar-refractivity contribution in [3.8, 4) is 0 Å². The molecule has 0 radical (unpaired) electrons. The fourth-order valence-electron chi connectivity index (χ4n) is 2.86. The number of hydrogen-bond donors (Lipinski definition) is 0. The van der Waals surface area contributed by atoms with Gasteiger partial charge in [-0.2, -0.15) is 0 Å². The first-order chi connectivity index (χ1) is 7.36. The van der Waals surface area contributed by atoms with E-state index < -0.39 is 0 Å². The number of rotatable bonds is 0. The average Bonchev–Trinajstić information content (AvgIpc) is 2.53. The van der Waals surface area contributed by atoms with Crippen molar-refractivity contribution in [2.24, 2.45) is 0 Å². The first-order valence-corrected chi connectivity index (χ1v) is 5.73. The molecule has 2 heteroatoms. The van der Waals surface area contributed by atoms with Gasteiger partial charge in [-0.3, -0.25) is 4.79 Å². The van der Waals surface area contributed by atoms with Crippen LogP contribution in [0.2, 0.25) is 0 Å². The fraction of sp³-hybridized carbons (Fsp3) is 0.462. The lowest BCUT2D eigenvalue weighted by Crippen LogP contribution is -2.27. The summed E-state index contributed by atoms with van der Waals surface area (Å²) in [4.78, 5) is 13.8. The van der Waals surface area contributed by atoms with Crippen LogP contribution in [0, 0.1) is 0 Å². The molecule has 0 aliphatic carbocycles. The Morgan fingerprint density at radius 1 is 1.20 bits per heavy atom. The van der Waals surface area contributed by atoms with Gasteiger partial charge in [0.25, 0.3) is 0 Å². The van der Waals surface area contributed by atoms with Crippen LogP contribution < -0.4 is 0 Å². The molecular weight excluding hydrogens is 186 g/mol. The summed E-state index contributed by atoms with van der Waals surface area (Å²) in [5.74, 6) is 0.344. The normalized spacial score (nSPS) is 24.7. The summed E-state index contributed by atoms with van der Waals surface area (Å²) in [6, 6.07) is 8.96. The second kappa shape index (κ2) is 3.37. The molecule has 3 rings (SSSR count). The molecule has 2 aliphatic heterocycles. The van der Waals surface area contributed by atoms with Gasteiger partial charge in [-0.15, -0.1) is 0 Å². The van der Waals surface area contributed by atoms with Crippen LogP contribution in [0.4, 0.5) is 0 Å². The van der Waals surface area contributed by atoms with Gasteiger partial charge in [-0.05, 0) is 30.4 Å². The molecule has 15 heavy (non-hydrogen) atoms. The van der Waals surface area contributed by atoms with Crippen molar-refractivity contribution >= 4 is 5.91 Å². The maximum atomic E-state index is 11.7. The number of carbonyl (C=O) groups is 1. The number of carbonyl (C=O) groups excluding carboxylic acids is 1. The van der Waals surface area contributed by atoms with Gasteiger partial charge >= 0.3 is 0 Å². The van der Waals surface area contributed by atoms with E-state index >= 15 is 0 Å². The van der Waals surface area contributed by atoms with Gasteiger partial charge in [0.2, 0.25) is 5.91 Å². The van der Waals surface area contributed by atoms with E-state index in [4.69, 9.17) is 0 Å². The Morgan fingerprint density at radius 3 is 3.00 bits per heavy atom. The largest absolute Gasteiger partial charge is 0.336 e. The summed E-state index contributed by atoms with van der Waals surface area (Å²) < 4.78 is 0. The molecule has 2 nitrogen and oxygen atoms in total. The molecule has 0 N–H and O–H groups in total. The van der Waals surface area contributed by atoms with Crippen LogP contribution >= 0.6 is 0 Å². The SMILES string of the molecule is O=C1CC[C@@H]2c3ccccc3CCCN12. The van der Waals surface area contributed by atoms with E-state index in [9.17, 15) is 4.79 Å². The van der Waals surface area contributed by atoms with E-state index in [1.807, 2.05) is 0 Å². The first kappa shape index (κ1) is 8.96. The first-order valence-electron chi connectivity index (χ1n) is 5.73. The van der Waals surface area contributed by atoms with Gasteiger partial charge in [-0.25, -0.2) is 0 Å². The number of benzene rings is 1. The highest BCUT2D eigenvalue weighted by Crippen LogP contribution is 2.36. The molecule has 78 valence electrons. The second-order valence-electron chi connectivity index (χ2n) is 4.44. The van der Waals surface area contributed by atoms with Crippen LogP contribution in [-0.4, -0.2) is 17.4 Å². The molecule has 0 spiro atoms. The van der Waals surface area contributed by atoms with Crippen molar-refractivity contribution in [1.29, 1.82) is 0 Å². The number of aryl methyl sites for hydroxylation is 1. The third kappa shape index (κ3) is 1.36. The average molecular weight is 201 g/mol. The topological polar surface area (TPSA) is 20.3 Å². The van der Waals surface area contributed by atoms with Gasteiger partial charge in [-0.1, -0.05) is 24.3 Å². The quantitative estimate of drug-likeness (QED) is 0.630. The minimum absolute atomic E-state index is 0.344. The monoisotopic (exact) mass is 201 g/mol. The van der Waals surface area contributed by atoms with Crippen LogP contribution in [0.5, 0.6) is 0 Å². The molecule has 2 heterocycles. The Kier molecular flexibility index (Phi) is 2.01. The second-order valence-corrected chi connectivity index (χ2v) is 4.44. The highest BCUT2D eigenvalue weighted by atomic mass is 16.2. The van der Waals surface area contributed by atoms with E-state index in [0.717, 1.165) is 32.2 Å². The molecule has 1 atom stereocenters. The Labute approximate surface area is 89.9 Å². The van der Waals surface area contributed by atoms with Crippen molar-refractivity contribution in [2.45, 2.75) is 31.7 Å². The number of hydrogen-bond acceptors (Lipinski definition) is 1. The summed E-state index contributed by atoms with van der Waals surface area (Å²) >= 11 is 0. The van der Waals surface area contributed by atoms with Gasteiger partial charge in [0, 0.05) is 13.0 Å². The molecule has 0 saturated carbocycles. The molecule has 1 aromatic carbocycles. The molecule has 1 aromatic rings. The molecule has 1 amide bonds. The van der Waals surface area contributed by atoms with E-state index in [0.29, 0.717) is 11.9 Å². The van der Waals surface area contributed by atoms with Crippen molar-refractivity contribution in [1.82, 2.24) is 4.90 Å². The lowest BCUT2D eigenvalue weighted by atomic mass is 9.97. The number of amides is 1. The van der Waals surface area contributed by atoms with E-state index in [-0.39, 0.29) is 0 Å². The molecule has 1 fully saturated rings. The maximum Gasteiger partial charge on any atom is 0.223 e. The molecular formula is C13H15NO. The summed E-state index contributed by atoms with van der Waals surface area (Å²) in [5.41, 5.74) is 2.83. The minimum atomic E-state index is 0.344. The van der Waals surface area contributed by atoms with Gasteiger partial charge < -0.3 is 4.90 Å². The molecule has 0 unspecified atom stereocenters. The lowest BCUT2D eigenvalue weighted by Gasteiger charge is -2.23. The van der Waals surface area contributed by atoms with Crippen LogP contribution in [0.3, 0.4) is 0 Å². The predicted octanol–water partition coefficient (Wildman–Crippen LogP) is 2.30. The van der Waals surface area contributed by atoms with Crippen molar-refractivity contribution in [2.75, 3.05) is 6.54 Å². The third-order valence-corrected chi connectivity index (χ3v) is 3.59. The lowest BCUT2D eigenvalue weighted by molar-refractivity contribution is -0.129. The van der Waals surface area contributed by atoms with Crippen LogP contribution in [0.15, 0.2) is 24.3 Å². The van der Waals surface area contributed by atoms with Crippen LogP contribution in [-0.2, 0) is 11.2 Å². The van der Waals surface area contributed by atoms with E-state index in [2.05, 4.69) is 29.2 Å². The van der Waals surface area contributed by atoms with E-state index in [1.165, 1.54) is 11.1 Å². The molecule has 0 aromatic heterocycles. The number of fused-ring (bicyclic) bond motifs is 3. The van der Waals surface area contributed by atoms with Crippen molar-refractivity contribution < 1.29 is 4.79 Å². The Morgan fingerprint density at radius 2 is 2.07 bits per heavy atom. The Bertz CT molecular complexity index is 399. The molecule has 0 bridgehead atoms. The molecule has 1 saturated heterocycles. The van der Waals surface area contributed by atoms with Gasteiger partial charge in [0.05, 0.1) is 6.04 Å². The summed E-state index contributed by atoms with van der Waals surface area (Å²) in [6.45, 7) is 0.943. The zero-order valence-corrected chi connectivity index (χ0v) is 8.78. The summed E-state index contributed by atoms with van der Waals surface area (Å²) in [7, 11) is 0. The predicted molar refractivity (Wildman–Crippen MR) is 58.5 cm³/mol. The number of nitrogens with zero attached hydrogens (tertiary/aromatic N) is 1. The molecule has 2 aliphatic rings. The van der Waals surface area contributed by atoms with E-state index in [1.54, 1.807) is 0 Å². The zero-order valence-electron chi connectivity index (χ0n) is 8.78. The van der Waals surface area contributed by atoms with Crippen molar-refractivity contribution in [3.05, 3.63) is 35.4 Å². The highest BCUT2D eigenvalue weighted by molar-refractivity contribution is 5.79. The standard InChI is InChI=1S/C13H15NO/c15-13-8-7-12-11-6-2-1-4-10(11)5-3-9-14(12)13/h1-2,4,6,12H,3,5,7-9H2/t12-/m1/s1. The summed E-state index contributed by atoms with van der Waals surface area (Å²) in [5, 5.41) is 0. The van der Waals surface area contributed by atoms with Crippen LogP contribution in [0.1, 0.15) is 36.4 Å². The smallest absolute Gasteiger partial charge is 0.223 e. The van der Waals surface area contributed by atoms with Crippen LogP contribution in [0.25, 0.3) is 0 Å². The van der Waals surface area contributed by atoms with Gasteiger partial charge in [0.15, 0.2) is 0 Å². The zero-order chi connectivity index (χ0) is 10.3. The Hall–Kier alpha value is -1.31. The fourth-order valence-corrected chi connectivity index (χ4v) is 2.86. The third-order valence-electron chi connectivity index (χ3n) is 3.59. The summed E-state index contributed by atoms with van der Waals surface area (Å²) in [6.07, 6.45) is 3.98. The highest BCUT2D eigenvalue weighted by Gasteiger charge is 2.34. The van der Waals surface area contributed by atoms with Gasteiger partial charge in [0.1, 0.15) is 0 Å². The van der Waals surface area contributed by atoms with Crippen molar-refractivity contribution in [3.63, 3.8) is 0 Å². The maximum absolute atomic E-state index is 11.7.